The van der Waals surface area contributed by atoms with E-state index in [0.717, 1.165) is 10.2 Å². The number of anilines is 3. The highest BCUT2D eigenvalue weighted by Crippen LogP contribution is 2.31. The first kappa shape index (κ1) is 10.3. The molecule has 1 aliphatic heterocycles. The molecule has 0 spiro atoms. The van der Waals surface area contributed by atoms with Crippen LogP contribution >= 0.6 is 15.9 Å². The molecule has 4 nitrogen and oxygen atoms in total. The van der Waals surface area contributed by atoms with Gasteiger partial charge < -0.3 is 10.6 Å². The highest BCUT2D eigenvalue weighted by molar-refractivity contribution is 9.10. The summed E-state index contributed by atoms with van der Waals surface area (Å²) >= 11 is 3.36. The molecule has 5 heteroatoms. The highest BCUT2D eigenvalue weighted by Gasteiger charge is 2.19. The molecule has 1 aromatic heterocycles. The van der Waals surface area contributed by atoms with Crippen molar-refractivity contribution in [2.45, 2.75) is 0 Å². The molecule has 0 saturated carbocycles. The van der Waals surface area contributed by atoms with Crippen LogP contribution in [0.5, 0.6) is 0 Å². The monoisotopic (exact) mass is 289 g/mol. The normalized spacial score (nSPS) is 12.9. The number of carbonyl (C=O) groups excluding carboxylic acids is 1. The zero-order chi connectivity index (χ0) is 11.8. The number of aromatic nitrogens is 1. The Bertz CT molecular complexity index is 612. The third kappa shape index (κ3) is 1.78. The first-order chi connectivity index (χ1) is 8.24. The Morgan fingerprint density at radius 3 is 2.88 bits per heavy atom. The molecule has 2 aromatic rings. The zero-order valence-corrected chi connectivity index (χ0v) is 10.3. The Kier molecular flexibility index (Phi) is 2.33. The van der Waals surface area contributed by atoms with E-state index in [-0.39, 0.29) is 5.91 Å². The number of halogens is 1. The molecule has 1 aromatic carbocycles. The molecule has 1 aliphatic rings. The van der Waals surface area contributed by atoms with Crippen molar-refractivity contribution >= 4 is 39.0 Å². The van der Waals surface area contributed by atoms with Crippen LogP contribution in [0.3, 0.4) is 0 Å². The summed E-state index contributed by atoms with van der Waals surface area (Å²) in [5.74, 6) is 0.516. The number of nitrogens with one attached hydrogen (secondary N) is 2. The number of rotatable bonds is 0. The average molecular weight is 290 g/mol. The van der Waals surface area contributed by atoms with Crippen LogP contribution in [0.1, 0.15) is 10.4 Å². The Morgan fingerprint density at radius 2 is 2.00 bits per heavy atom. The largest absolute Gasteiger partial charge is 0.338 e. The van der Waals surface area contributed by atoms with Gasteiger partial charge in [-0.25, -0.2) is 4.98 Å². The number of benzene rings is 1. The van der Waals surface area contributed by atoms with Crippen molar-refractivity contribution in [1.82, 2.24) is 4.98 Å². The van der Waals surface area contributed by atoms with Gasteiger partial charge in [0, 0.05) is 10.7 Å². The van der Waals surface area contributed by atoms with E-state index in [9.17, 15) is 4.79 Å². The SMILES string of the molecule is O=C1Nc2cccnc2Nc2ccc(Br)cc21. The number of pyridine rings is 1. The lowest BCUT2D eigenvalue weighted by molar-refractivity contribution is 0.102. The van der Waals surface area contributed by atoms with Crippen molar-refractivity contribution in [2.24, 2.45) is 0 Å². The van der Waals surface area contributed by atoms with E-state index in [2.05, 4.69) is 31.5 Å². The molecule has 17 heavy (non-hydrogen) atoms. The number of fused-ring (bicyclic) bond motifs is 2. The molecule has 0 aliphatic carbocycles. The number of hydrogen-bond acceptors (Lipinski definition) is 3. The number of nitrogens with zero attached hydrogens (tertiary/aromatic N) is 1. The summed E-state index contributed by atoms with van der Waals surface area (Å²) in [6, 6.07) is 9.11. The quantitative estimate of drug-likeness (QED) is 0.783. The van der Waals surface area contributed by atoms with Gasteiger partial charge in [-0.15, -0.1) is 0 Å². The Hall–Kier alpha value is -1.88. The van der Waals surface area contributed by atoms with E-state index in [1.54, 1.807) is 18.3 Å². The predicted molar refractivity (Wildman–Crippen MR) is 69.6 cm³/mol. The lowest BCUT2D eigenvalue weighted by Crippen LogP contribution is -2.10. The number of hydrogen-bond donors (Lipinski definition) is 2. The lowest BCUT2D eigenvalue weighted by atomic mass is 10.1. The van der Waals surface area contributed by atoms with E-state index >= 15 is 0 Å². The van der Waals surface area contributed by atoms with E-state index in [1.807, 2.05) is 18.2 Å². The topological polar surface area (TPSA) is 54.0 Å². The third-order valence-electron chi connectivity index (χ3n) is 2.54. The van der Waals surface area contributed by atoms with E-state index in [0.29, 0.717) is 17.1 Å². The van der Waals surface area contributed by atoms with Crippen molar-refractivity contribution in [3.05, 3.63) is 46.6 Å². The van der Waals surface area contributed by atoms with E-state index in [4.69, 9.17) is 0 Å². The second-order valence-electron chi connectivity index (χ2n) is 3.67. The average Bonchev–Trinajstić information content (AvgIpc) is 2.46. The van der Waals surface area contributed by atoms with E-state index in [1.165, 1.54) is 0 Å². The van der Waals surface area contributed by atoms with Gasteiger partial charge in [0.05, 0.1) is 16.9 Å². The van der Waals surface area contributed by atoms with Crippen molar-refractivity contribution < 1.29 is 4.79 Å². The minimum Gasteiger partial charge on any atom is -0.338 e. The molecule has 0 saturated heterocycles. The maximum absolute atomic E-state index is 12.0. The Morgan fingerprint density at radius 1 is 1.12 bits per heavy atom. The Labute approximate surface area is 106 Å². The van der Waals surface area contributed by atoms with E-state index < -0.39 is 0 Å². The van der Waals surface area contributed by atoms with Crippen molar-refractivity contribution in [3.8, 4) is 0 Å². The second-order valence-corrected chi connectivity index (χ2v) is 4.58. The third-order valence-corrected chi connectivity index (χ3v) is 3.03. The van der Waals surface area contributed by atoms with Crippen LogP contribution in [0.2, 0.25) is 0 Å². The van der Waals surface area contributed by atoms with Crippen molar-refractivity contribution in [3.63, 3.8) is 0 Å². The van der Waals surface area contributed by atoms with Crippen LogP contribution in [0.4, 0.5) is 17.2 Å². The smallest absolute Gasteiger partial charge is 0.257 e. The number of carbonyl (C=O) groups is 1. The fourth-order valence-corrected chi connectivity index (χ4v) is 2.10. The highest BCUT2D eigenvalue weighted by atomic mass is 79.9. The first-order valence-electron chi connectivity index (χ1n) is 5.07. The van der Waals surface area contributed by atoms with Crippen LogP contribution in [0, 0.1) is 0 Å². The molecule has 0 unspecified atom stereocenters. The van der Waals surface area contributed by atoms with Gasteiger partial charge in [0.25, 0.3) is 5.91 Å². The minimum atomic E-state index is -0.138. The summed E-state index contributed by atoms with van der Waals surface area (Å²) in [7, 11) is 0. The molecule has 0 bridgehead atoms. The van der Waals surface area contributed by atoms with Crippen LogP contribution in [-0.2, 0) is 0 Å². The fraction of sp³-hybridized carbons (Fsp3) is 0. The van der Waals surface area contributed by atoms with Gasteiger partial charge in [0.2, 0.25) is 0 Å². The van der Waals surface area contributed by atoms with Gasteiger partial charge in [-0.05, 0) is 30.3 Å². The van der Waals surface area contributed by atoms with Crippen LogP contribution in [-0.4, -0.2) is 10.9 Å². The maximum atomic E-state index is 12.0. The second kappa shape index (κ2) is 3.85. The summed E-state index contributed by atoms with van der Waals surface area (Å²) in [5, 5.41) is 5.97. The molecule has 2 N–H and O–H groups in total. The van der Waals surface area contributed by atoms with Gasteiger partial charge in [-0.3, -0.25) is 4.79 Å². The molecule has 2 heterocycles. The fourth-order valence-electron chi connectivity index (χ4n) is 1.74. The van der Waals surface area contributed by atoms with Crippen molar-refractivity contribution in [1.29, 1.82) is 0 Å². The zero-order valence-electron chi connectivity index (χ0n) is 8.70. The van der Waals surface area contributed by atoms with Gasteiger partial charge in [0.15, 0.2) is 5.82 Å². The summed E-state index contributed by atoms with van der Waals surface area (Å²) in [4.78, 5) is 16.2. The predicted octanol–water partition coefficient (Wildman–Crippen LogP) is 3.15. The molecule has 3 rings (SSSR count). The molecule has 1 amide bonds. The maximum Gasteiger partial charge on any atom is 0.257 e. The summed E-state index contributed by atoms with van der Waals surface area (Å²) in [6.07, 6.45) is 1.68. The molecule has 0 radical (unpaired) electrons. The first-order valence-corrected chi connectivity index (χ1v) is 5.86. The van der Waals surface area contributed by atoms with Gasteiger partial charge >= 0.3 is 0 Å². The molecule has 0 fully saturated rings. The minimum absolute atomic E-state index is 0.138. The molecule has 84 valence electrons. The number of amides is 1. The van der Waals surface area contributed by atoms with Gasteiger partial charge in [-0.2, -0.15) is 0 Å². The van der Waals surface area contributed by atoms with Gasteiger partial charge in [-0.1, -0.05) is 15.9 Å². The molecular formula is C12H8BrN3O. The van der Waals surface area contributed by atoms with Crippen LogP contribution in [0.25, 0.3) is 0 Å². The lowest BCUT2D eigenvalue weighted by Gasteiger charge is -2.06. The van der Waals surface area contributed by atoms with Crippen molar-refractivity contribution in [2.75, 3.05) is 10.6 Å². The molecular weight excluding hydrogens is 282 g/mol. The van der Waals surface area contributed by atoms with Crippen LogP contribution in [0.15, 0.2) is 41.0 Å². The standard InChI is InChI=1S/C12H8BrN3O/c13-7-3-4-9-8(6-7)12(17)16-10-2-1-5-14-11(10)15-9/h1-6H,(H,14,15)(H,16,17). The summed E-state index contributed by atoms with van der Waals surface area (Å²) < 4.78 is 0.868. The molecule has 0 atom stereocenters. The Balaban J connectivity index is 2.17. The summed E-state index contributed by atoms with van der Waals surface area (Å²) in [5.41, 5.74) is 2.03. The summed E-state index contributed by atoms with van der Waals surface area (Å²) in [6.45, 7) is 0. The van der Waals surface area contributed by atoms with Crippen LogP contribution < -0.4 is 10.6 Å². The van der Waals surface area contributed by atoms with Gasteiger partial charge in [0.1, 0.15) is 0 Å².